The van der Waals surface area contributed by atoms with Crippen molar-refractivity contribution in [2.24, 2.45) is 5.92 Å². The molecule has 1 aromatic rings. The van der Waals surface area contributed by atoms with Crippen LogP contribution in [0.4, 0.5) is 0 Å². The van der Waals surface area contributed by atoms with Crippen molar-refractivity contribution >= 4 is 23.4 Å². The van der Waals surface area contributed by atoms with E-state index in [9.17, 15) is 9.59 Å². The number of nitrogens with zero attached hydrogens (tertiary/aromatic N) is 1. The number of esters is 1. The van der Waals surface area contributed by atoms with Gasteiger partial charge in [-0.05, 0) is 19.1 Å². The lowest BCUT2D eigenvalue weighted by atomic mass is 10.0. The van der Waals surface area contributed by atoms with Gasteiger partial charge in [-0.15, -0.1) is 0 Å². The zero-order chi connectivity index (χ0) is 11.4. The molecule has 0 aliphatic heterocycles. The molecule has 0 saturated heterocycles. The maximum Gasteiger partial charge on any atom is 0.316 e. The lowest BCUT2D eigenvalue weighted by Crippen LogP contribution is -2.23. The Bertz CT molecular complexity index is 392. The number of pyridine rings is 1. The Morgan fingerprint density at radius 2 is 2.20 bits per heavy atom. The Balaban J connectivity index is 2.95. The maximum absolute atomic E-state index is 11.7. The quantitative estimate of drug-likeness (QED) is 0.448. The van der Waals surface area contributed by atoms with Crippen molar-refractivity contribution in [1.82, 2.24) is 4.98 Å². The molecule has 1 unspecified atom stereocenters. The zero-order valence-electron chi connectivity index (χ0n) is 8.36. The summed E-state index contributed by atoms with van der Waals surface area (Å²) in [6.07, 6.45) is 1.45. The van der Waals surface area contributed by atoms with Gasteiger partial charge in [-0.1, -0.05) is 11.6 Å². The molecule has 0 radical (unpaired) electrons. The zero-order valence-corrected chi connectivity index (χ0v) is 9.12. The van der Waals surface area contributed by atoms with Gasteiger partial charge in [0.15, 0.2) is 5.78 Å². The lowest BCUT2D eigenvalue weighted by Gasteiger charge is -2.07. The number of halogens is 1. The van der Waals surface area contributed by atoms with Gasteiger partial charge in [0, 0.05) is 6.20 Å². The number of rotatable bonds is 3. The summed E-state index contributed by atoms with van der Waals surface area (Å²) in [6.45, 7) is 1.46. The number of carbonyl (C=O) groups is 2. The van der Waals surface area contributed by atoms with Crippen molar-refractivity contribution in [2.75, 3.05) is 7.11 Å². The first-order valence-electron chi connectivity index (χ1n) is 4.30. The summed E-state index contributed by atoms with van der Waals surface area (Å²) in [5.74, 6) is -1.92. The molecule has 5 heteroatoms. The molecule has 0 aromatic carbocycles. The third kappa shape index (κ3) is 2.53. The molecule has 0 bridgehead atoms. The Hall–Kier alpha value is -1.42. The summed E-state index contributed by atoms with van der Waals surface area (Å²) in [4.78, 5) is 26.7. The predicted molar refractivity (Wildman–Crippen MR) is 54.8 cm³/mol. The first kappa shape index (κ1) is 11.7. The average molecular weight is 228 g/mol. The molecule has 0 N–H and O–H groups in total. The van der Waals surface area contributed by atoms with Crippen molar-refractivity contribution in [3.63, 3.8) is 0 Å². The van der Waals surface area contributed by atoms with Gasteiger partial charge in [0.2, 0.25) is 0 Å². The molecule has 80 valence electrons. The van der Waals surface area contributed by atoms with Crippen LogP contribution in [0.15, 0.2) is 18.3 Å². The monoisotopic (exact) mass is 227 g/mol. The highest BCUT2D eigenvalue weighted by Gasteiger charge is 2.25. The Morgan fingerprint density at radius 1 is 1.53 bits per heavy atom. The summed E-state index contributed by atoms with van der Waals surface area (Å²) in [7, 11) is 1.23. The van der Waals surface area contributed by atoms with Crippen molar-refractivity contribution in [1.29, 1.82) is 0 Å². The van der Waals surface area contributed by atoms with E-state index in [1.807, 2.05) is 0 Å². The number of hydrogen-bond acceptors (Lipinski definition) is 4. The highest BCUT2D eigenvalue weighted by atomic mass is 35.5. The largest absolute Gasteiger partial charge is 0.468 e. The third-order valence-electron chi connectivity index (χ3n) is 1.94. The number of carbonyl (C=O) groups excluding carboxylic acids is 2. The molecule has 1 atom stereocenters. The molecule has 0 amide bonds. The van der Waals surface area contributed by atoms with Crippen LogP contribution in [-0.4, -0.2) is 23.8 Å². The van der Waals surface area contributed by atoms with E-state index in [0.717, 1.165) is 0 Å². The minimum Gasteiger partial charge on any atom is -0.468 e. The Kier molecular flexibility index (Phi) is 3.80. The molecule has 0 saturated carbocycles. The fourth-order valence-corrected chi connectivity index (χ4v) is 1.27. The first-order valence-corrected chi connectivity index (χ1v) is 4.68. The van der Waals surface area contributed by atoms with Crippen LogP contribution in [0, 0.1) is 5.92 Å². The molecule has 1 rings (SSSR count). The van der Waals surface area contributed by atoms with Crippen LogP contribution in [0.3, 0.4) is 0 Å². The average Bonchev–Trinajstić information content (AvgIpc) is 2.26. The van der Waals surface area contributed by atoms with Crippen LogP contribution in [-0.2, 0) is 9.53 Å². The number of ether oxygens (including phenoxy) is 1. The van der Waals surface area contributed by atoms with Gasteiger partial charge in [0.1, 0.15) is 11.6 Å². The van der Waals surface area contributed by atoms with Crippen molar-refractivity contribution in [3.05, 3.63) is 29.0 Å². The number of hydrogen-bond donors (Lipinski definition) is 0. The highest BCUT2D eigenvalue weighted by molar-refractivity contribution is 6.34. The van der Waals surface area contributed by atoms with E-state index < -0.39 is 17.7 Å². The van der Waals surface area contributed by atoms with Crippen LogP contribution in [0.1, 0.15) is 17.4 Å². The van der Waals surface area contributed by atoms with E-state index in [4.69, 9.17) is 11.6 Å². The van der Waals surface area contributed by atoms with Gasteiger partial charge in [-0.25, -0.2) is 0 Å². The predicted octanol–water partition coefficient (Wildman–Crippen LogP) is 1.73. The number of Topliss-reactive ketones (excluding diaryl/α,β-unsaturated/α-hetero) is 1. The number of aromatic nitrogens is 1. The molecule has 15 heavy (non-hydrogen) atoms. The van der Waals surface area contributed by atoms with Crippen LogP contribution in [0.2, 0.25) is 5.02 Å². The summed E-state index contributed by atoms with van der Waals surface area (Å²) in [5, 5.41) is 0.234. The molecule has 0 fully saturated rings. The third-order valence-corrected chi connectivity index (χ3v) is 2.24. The van der Waals surface area contributed by atoms with Gasteiger partial charge in [-0.3, -0.25) is 14.6 Å². The maximum atomic E-state index is 11.7. The Morgan fingerprint density at radius 3 is 2.73 bits per heavy atom. The fourth-order valence-electron chi connectivity index (χ4n) is 1.06. The molecular weight excluding hydrogens is 218 g/mol. The van der Waals surface area contributed by atoms with Gasteiger partial charge >= 0.3 is 5.97 Å². The van der Waals surface area contributed by atoms with Gasteiger partial charge in [-0.2, -0.15) is 0 Å². The van der Waals surface area contributed by atoms with Gasteiger partial charge < -0.3 is 4.74 Å². The summed E-state index contributed by atoms with van der Waals surface area (Å²) in [5.41, 5.74) is 0.0945. The second kappa shape index (κ2) is 4.89. The first-order chi connectivity index (χ1) is 7.07. The topological polar surface area (TPSA) is 56.3 Å². The van der Waals surface area contributed by atoms with Gasteiger partial charge in [0.05, 0.1) is 12.1 Å². The van der Waals surface area contributed by atoms with E-state index >= 15 is 0 Å². The number of methoxy groups -OCH3 is 1. The second-order valence-corrected chi connectivity index (χ2v) is 3.35. The summed E-state index contributed by atoms with van der Waals surface area (Å²) >= 11 is 5.78. The van der Waals surface area contributed by atoms with Gasteiger partial charge in [0.25, 0.3) is 0 Å². The van der Waals surface area contributed by atoms with E-state index in [-0.39, 0.29) is 10.7 Å². The molecule has 1 aromatic heterocycles. The van der Waals surface area contributed by atoms with Crippen LogP contribution < -0.4 is 0 Å². The number of ketones is 1. The van der Waals surface area contributed by atoms with Crippen LogP contribution in [0.5, 0.6) is 0 Å². The van der Waals surface area contributed by atoms with E-state index in [1.54, 1.807) is 12.1 Å². The van der Waals surface area contributed by atoms with E-state index in [2.05, 4.69) is 9.72 Å². The van der Waals surface area contributed by atoms with Crippen LogP contribution >= 0.6 is 11.6 Å². The normalized spacial score (nSPS) is 11.9. The van der Waals surface area contributed by atoms with Crippen molar-refractivity contribution < 1.29 is 14.3 Å². The lowest BCUT2D eigenvalue weighted by molar-refractivity contribution is -0.143. The second-order valence-electron chi connectivity index (χ2n) is 2.94. The highest BCUT2D eigenvalue weighted by Crippen LogP contribution is 2.16. The molecular formula is C10H10ClNO3. The Labute approximate surface area is 92.2 Å². The molecule has 0 aliphatic carbocycles. The summed E-state index contributed by atoms with van der Waals surface area (Å²) in [6, 6.07) is 3.16. The smallest absolute Gasteiger partial charge is 0.316 e. The molecule has 1 heterocycles. The standard InChI is InChI=1S/C10H10ClNO3/c1-6(10(14)15-2)9(13)8-7(11)4-3-5-12-8/h3-6H,1-2H3. The minimum absolute atomic E-state index is 0.0945. The molecule has 0 aliphatic rings. The van der Waals surface area contributed by atoms with E-state index in [0.29, 0.717) is 0 Å². The molecule has 4 nitrogen and oxygen atoms in total. The SMILES string of the molecule is COC(=O)C(C)C(=O)c1ncccc1Cl. The van der Waals surface area contributed by atoms with Crippen LogP contribution in [0.25, 0.3) is 0 Å². The van der Waals surface area contributed by atoms with Crippen molar-refractivity contribution in [2.45, 2.75) is 6.92 Å². The van der Waals surface area contributed by atoms with Crippen molar-refractivity contribution in [3.8, 4) is 0 Å². The van der Waals surface area contributed by atoms with E-state index in [1.165, 1.54) is 20.2 Å². The molecule has 0 spiro atoms. The summed E-state index contributed by atoms with van der Waals surface area (Å²) < 4.78 is 4.46. The fraction of sp³-hybridized carbons (Fsp3) is 0.300. The minimum atomic E-state index is -0.887.